The SMILES string of the molecule is CC1(N2CCCC2)CCc2ccc(-c3cnc(N)c(C(=N)c4ccc(CNCCO)cc4)c3)cc2CC1. The van der Waals surface area contributed by atoms with Gasteiger partial charge in [-0.25, -0.2) is 4.98 Å². The molecule has 0 radical (unpaired) electrons. The van der Waals surface area contributed by atoms with E-state index in [0.717, 1.165) is 35.1 Å². The molecule has 6 heteroatoms. The quantitative estimate of drug-likeness (QED) is 0.208. The van der Waals surface area contributed by atoms with Crippen molar-refractivity contribution in [2.75, 3.05) is 32.0 Å². The molecule has 6 nitrogen and oxygen atoms in total. The van der Waals surface area contributed by atoms with E-state index in [0.29, 0.717) is 35.7 Å². The van der Waals surface area contributed by atoms with Crippen LogP contribution in [0.4, 0.5) is 5.82 Å². The molecule has 194 valence electrons. The first kappa shape index (κ1) is 25.6. The maximum absolute atomic E-state index is 8.94. The second-order valence-electron chi connectivity index (χ2n) is 10.8. The molecule has 0 bridgehead atoms. The first-order valence-electron chi connectivity index (χ1n) is 13.6. The Morgan fingerprint density at radius 2 is 1.76 bits per heavy atom. The van der Waals surface area contributed by atoms with Crippen molar-refractivity contribution in [1.82, 2.24) is 15.2 Å². The fourth-order valence-corrected chi connectivity index (χ4v) is 5.88. The number of nitrogen functional groups attached to an aromatic ring is 1. The van der Waals surface area contributed by atoms with Crippen LogP contribution in [0.2, 0.25) is 0 Å². The van der Waals surface area contributed by atoms with Crippen LogP contribution in [0.5, 0.6) is 0 Å². The number of aryl methyl sites for hydroxylation is 2. The molecule has 0 spiro atoms. The van der Waals surface area contributed by atoms with E-state index in [4.69, 9.17) is 16.2 Å². The smallest absolute Gasteiger partial charge is 0.132 e. The van der Waals surface area contributed by atoms with Crippen molar-refractivity contribution in [3.05, 3.63) is 82.5 Å². The number of rotatable bonds is 8. The van der Waals surface area contributed by atoms with Crippen molar-refractivity contribution >= 4 is 11.5 Å². The second kappa shape index (κ2) is 11.1. The molecule has 1 aliphatic heterocycles. The summed E-state index contributed by atoms with van der Waals surface area (Å²) in [7, 11) is 0. The lowest BCUT2D eigenvalue weighted by Crippen LogP contribution is -2.44. The predicted molar refractivity (Wildman–Crippen MR) is 151 cm³/mol. The van der Waals surface area contributed by atoms with E-state index in [1.807, 2.05) is 36.5 Å². The summed E-state index contributed by atoms with van der Waals surface area (Å²) in [6, 6.07) is 16.7. The monoisotopic (exact) mass is 497 g/mol. The van der Waals surface area contributed by atoms with Crippen LogP contribution < -0.4 is 11.1 Å². The van der Waals surface area contributed by atoms with E-state index in [2.05, 4.69) is 40.3 Å². The average Bonchev–Trinajstić information content (AvgIpc) is 3.42. The van der Waals surface area contributed by atoms with Gasteiger partial charge in [-0.1, -0.05) is 42.5 Å². The maximum atomic E-state index is 8.94. The molecule has 1 atom stereocenters. The largest absolute Gasteiger partial charge is 0.395 e. The van der Waals surface area contributed by atoms with Gasteiger partial charge in [-0.2, -0.15) is 0 Å². The Bertz CT molecular complexity index is 1250. The molecule has 1 unspecified atom stereocenters. The van der Waals surface area contributed by atoms with Crippen LogP contribution in [0, 0.1) is 5.41 Å². The lowest BCUT2D eigenvalue weighted by molar-refractivity contribution is 0.118. The van der Waals surface area contributed by atoms with Gasteiger partial charge in [-0.05, 0) is 86.9 Å². The van der Waals surface area contributed by atoms with Crippen molar-refractivity contribution < 1.29 is 5.11 Å². The van der Waals surface area contributed by atoms with E-state index >= 15 is 0 Å². The van der Waals surface area contributed by atoms with Crippen molar-refractivity contribution in [2.24, 2.45) is 0 Å². The molecule has 1 saturated heterocycles. The van der Waals surface area contributed by atoms with E-state index in [1.165, 1.54) is 49.9 Å². The van der Waals surface area contributed by atoms with E-state index in [1.54, 1.807) is 0 Å². The number of pyridine rings is 1. The highest BCUT2D eigenvalue weighted by Gasteiger charge is 2.34. The van der Waals surface area contributed by atoms with Gasteiger partial charge in [-0.3, -0.25) is 10.3 Å². The minimum absolute atomic E-state index is 0.119. The molecule has 3 aromatic rings. The van der Waals surface area contributed by atoms with Crippen LogP contribution in [0.15, 0.2) is 54.7 Å². The molecule has 1 aliphatic carbocycles. The fourth-order valence-electron chi connectivity index (χ4n) is 5.88. The third-order valence-electron chi connectivity index (χ3n) is 8.32. The average molecular weight is 498 g/mol. The zero-order chi connectivity index (χ0) is 25.8. The Morgan fingerprint density at radius 1 is 1.03 bits per heavy atom. The number of hydrogen-bond donors (Lipinski definition) is 4. The molecule has 1 fully saturated rings. The number of nitrogens with two attached hydrogens (primary N) is 1. The summed E-state index contributed by atoms with van der Waals surface area (Å²) in [5, 5.41) is 21.0. The Kier molecular flexibility index (Phi) is 7.70. The predicted octanol–water partition coefficient (Wildman–Crippen LogP) is 4.56. The van der Waals surface area contributed by atoms with Crippen LogP contribution in [0.25, 0.3) is 11.1 Å². The lowest BCUT2D eigenvalue weighted by atomic mass is 9.90. The molecule has 37 heavy (non-hydrogen) atoms. The maximum Gasteiger partial charge on any atom is 0.132 e. The van der Waals surface area contributed by atoms with Crippen molar-refractivity contribution in [1.29, 1.82) is 5.41 Å². The van der Waals surface area contributed by atoms with Crippen LogP contribution >= 0.6 is 0 Å². The summed E-state index contributed by atoms with van der Waals surface area (Å²) in [5.41, 5.74) is 14.5. The molecule has 5 N–H and O–H groups in total. The van der Waals surface area contributed by atoms with E-state index < -0.39 is 0 Å². The number of anilines is 1. The van der Waals surface area contributed by atoms with Gasteiger partial charge in [0, 0.05) is 41.5 Å². The molecule has 0 saturated carbocycles. The number of hydrogen-bond acceptors (Lipinski definition) is 6. The number of fused-ring (bicyclic) bond motifs is 1. The normalized spacial score (nSPS) is 19.9. The van der Waals surface area contributed by atoms with E-state index in [9.17, 15) is 0 Å². The Hall–Kier alpha value is -3.06. The highest BCUT2D eigenvalue weighted by molar-refractivity contribution is 6.13. The Labute approximate surface area is 220 Å². The van der Waals surface area contributed by atoms with Crippen molar-refractivity contribution in [3.63, 3.8) is 0 Å². The number of likely N-dealkylation sites (tertiary alicyclic amines) is 1. The summed E-state index contributed by atoms with van der Waals surface area (Å²) < 4.78 is 0. The highest BCUT2D eigenvalue weighted by Crippen LogP contribution is 2.36. The van der Waals surface area contributed by atoms with Crippen LogP contribution in [0.3, 0.4) is 0 Å². The molecule has 1 aromatic heterocycles. The minimum Gasteiger partial charge on any atom is -0.395 e. The van der Waals surface area contributed by atoms with Crippen molar-refractivity contribution in [2.45, 2.75) is 57.5 Å². The van der Waals surface area contributed by atoms with Gasteiger partial charge in [0.1, 0.15) is 5.82 Å². The van der Waals surface area contributed by atoms with Gasteiger partial charge < -0.3 is 16.2 Å². The summed E-state index contributed by atoms with van der Waals surface area (Å²) in [5.74, 6) is 0.374. The molecular formula is C31H39N5O. The first-order chi connectivity index (χ1) is 18.0. The first-order valence-corrected chi connectivity index (χ1v) is 13.6. The Balaban J connectivity index is 1.35. The van der Waals surface area contributed by atoms with Crippen LogP contribution in [0.1, 0.15) is 60.4 Å². The van der Waals surface area contributed by atoms with Crippen molar-refractivity contribution in [3.8, 4) is 11.1 Å². The number of aromatic nitrogens is 1. The zero-order valence-corrected chi connectivity index (χ0v) is 21.9. The summed E-state index contributed by atoms with van der Waals surface area (Å²) in [6.07, 6.45) is 9.14. The molecule has 2 heterocycles. The third-order valence-corrected chi connectivity index (χ3v) is 8.32. The van der Waals surface area contributed by atoms with Gasteiger partial charge in [0.05, 0.1) is 12.3 Å². The number of nitrogens with zero attached hydrogens (tertiary/aromatic N) is 2. The Morgan fingerprint density at radius 3 is 2.49 bits per heavy atom. The number of aliphatic hydroxyl groups is 1. The van der Waals surface area contributed by atoms with E-state index in [-0.39, 0.29) is 6.61 Å². The molecule has 2 aromatic carbocycles. The van der Waals surface area contributed by atoms with Crippen LogP contribution in [-0.2, 0) is 19.4 Å². The van der Waals surface area contributed by atoms with Crippen LogP contribution in [-0.4, -0.2) is 52.5 Å². The number of aliphatic hydroxyl groups excluding tert-OH is 1. The van der Waals surface area contributed by atoms with Gasteiger partial charge >= 0.3 is 0 Å². The number of benzene rings is 2. The van der Waals surface area contributed by atoms with Gasteiger partial charge in [-0.15, -0.1) is 0 Å². The standard InChI is InChI=1S/C31H39N5O/c1-31(36-15-2-3-16-36)12-10-23-8-9-25(18-26(23)11-13-31)27-19-28(30(33)35-21-27)29(32)24-6-4-22(5-7-24)20-34-14-17-37/h4-9,18-19,21,32,34,37H,2-3,10-17,20H2,1H3,(H2,33,35). The molecule has 0 amide bonds. The third kappa shape index (κ3) is 5.61. The van der Waals surface area contributed by atoms with Gasteiger partial charge in [0.2, 0.25) is 0 Å². The minimum atomic E-state index is 0.119. The summed E-state index contributed by atoms with van der Waals surface area (Å²) >= 11 is 0. The van der Waals surface area contributed by atoms with Gasteiger partial charge in [0.25, 0.3) is 0 Å². The number of nitrogens with one attached hydrogen (secondary N) is 2. The lowest BCUT2D eigenvalue weighted by Gasteiger charge is -2.38. The molecular weight excluding hydrogens is 458 g/mol. The summed E-state index contributed by atoms with van der Waals surface area (Å²) in [6.45, 7) is 6.31. The fraction of sp³-hybridized carbons (Fsp3) is 0.419. The topological polar surface area (TPSA) is 98.3 Å². The molecule has 5 rings (SSSR count). The zero-order valence-electron chi connectivity index (χ0n) is 21.9. The molecule has 2 aliphatic rings. The van der Waals surface area contributed by atoms with Gasteiger partial charge in [0.15, 0.2) is 0 Å². The summed E-state index contributed by atoms with van der Waals surface area (Å²) in [4.78, 5) is 7.19. The highest BCUT2D eigenvalue weighted by atomic mass is 16.3. The second-order valence-corrected chi connectivity index (χ2v) is 10.8.